The minimum Gasteiger partial charge on any atom is -0.489 e. The molecule has 0 bridgehead atoms. The number of amides is 1. The summed E-state index contributed by atoms with van der Waals surface area (Å²) in [6, 6.07) is 7.28. The van der Waals surface area contributed by atoms with Gasteiger partial charge in [0, 0.05) is 6.92 Å². The van der Waals surface area contributed by atoms with Gasteiger partial charge in [0.05, 0.1) is 11.8 Å². The van der Waals surface area contributed by atoms with Gasteiger partial charge in [-0.3, -0.25) is 4.79 Å². The molecule has 1 aromatic rings. The maximum Gasteiger partial charge on any atom is 0.221 e. The van der Waals surface area contributed by atoms with Crippen molar-refractivity contribution < 1.29 is 14.6 Å². The zero-order valence-electron chi connectivity index (χ0n) is 12.0. The Morgan fingerprint density at radius 2 is 2.10 bits per heavy atom. The first-order valence-electron chi connectivity index (χ1n) is 7.32. The van der Waals surface area contributed by atoms with Crippen LogP contribution >= 0.6 is 0 Å². The molecule has 1 aliphatic rings. The van der Waals surface area contributed by atoms with Crippen molar-refractivity contribution in [2.75, 3.05) is 11.9 Å². The van der Waals surface area contributed by atoms with Gasteiger partial charge in [-0.25, -0.2) is 0 Å². The topological polar surface area (TPSA) is 58.6 Å². The Morgan fingerprint density at radius 1 is 1.40 bits per heavy atom. The van der Waals surface area contributed by atoms with Crippen LogP contribution in [0, 0.1) is 5.92 Å². The molecule has 2 rings (SSSR count). The Kier molecular flexibility index (Phi) is 5.41. The second-order valence-corrected chi connectivity index (χ2v) is 5.53. The van der Waals surface area contributed by atoms with Crippen LogP contribution in [0.15, 0.2) is 24.3 Å². The molecule has 110 valence electrons. The molecule has 1 fully saturated rings. The summed E-state index contributed by atoms with van der Waals surface area (Å²) in [6.07, 6.45) is 5.37. The summed E-state index contributed by atoms with van der Waals surface area (Å²) < 4.78 is 5.65. The number of nitrogens with one attached hydrogen (secondary N) is 1. The highest BCUT2D eigenvalue weighted by Crippen LogP contribution is 2.29. The molecule has 0 spiro atoms. The number of benzene rings is 1. The molecule has 0 aliphatic heterocycles. The van der Waals surface area contributed by atoms with Crippen molar-refractivity contribution in [2.45, 2.75) is 45.1 Å². The molecule has 1 atom stereocenters. The zero-order valence-corrected chi connectivity index (χ0v) is 12.0. The number of anilines is 1. The van der Waals surface area contributed by atoms with Crippen LogP contribution in [0.4, 0.5) is 5.69 Å². The molecule has 20 heavy (non-hydrogen) atoms. The van der Waals surface area contributed by atoms with E-state index in [1.165, 1.54) is 32.6 Å². The molecule has 0 heterocycles. The third kappa shape index (κ3) is 4.53. The van der Waals surface area contributed by atoms with Crippen LogP contribution in [0.2, 0.25) is 0 Å². The second kappa shape index (κ2) is 7.29. The minimum absolute atomic E-state index is 0.132. The molecule has 4 nitrogen and oxygen atoms in total. The lowest BCUT2D eigenvalue weighted by atomic mass is 10.0. The van der Waals surface area contributed by atoms with Gasteiger partial charge in [0.25, 0.3) is 0 Å². The SMILES string of the molecule is CC(=O)Nc1ccccc1OCC(O)CC1CCCC1. The van der Waals surface area contributed by atoms with E-state index in [4.69, 9.17) is 4.74 Å². The summed E-state index contributed by atoms with van der Waals surface area (Å²) in [7, 11) is 0. The summed E-state index contributed by atoms with van der Waals surface area (Å²) >= 11 is 0. The van der Waals surface area contributed by atoms with Gasteiger partial charge >= 0.3 is 0 Å². The lowest BCUT2D eigenvalue weighted by molar-refractivity contribution is -0.114. The van der Waals surface area contributed by atoms with Crippen LogP contribution in [-0.2, 0) is 4.79 Å². The van der Waals surface area contributed by atoms with E-state index in [2.05, 4.69) is 5.32 Å². The van der Waals surface area contributed by atoms with E-state index in [0.717, 1.165) is 6.42 Å². The molecule has 1 amide bonds. The fourth-order valence-corrected chi connectivity index (χ4v) is 2.77. The molecule has 2 N–H and O–H groups in total. The van der Waals surface area contributed by atoms with Crippen LogP contribution in [0.1, 0.15) is 39.0 Å². The van der Waals surface area contributed by atoms with Crippen molar-refractivity contribution in [3.8, 4) is 5.75 Å². The molecule has 0 aromatic heterocycles. The molecular formula is C16H23NO3. The molecule has 1 aliphatic carbocycles. The third-order valence-electron chi connectivity index (χ3n) is 3.71. The van der Waals surface area contributed by atoms with Gasteiger partial charge in [-0.2, -0.15) is 0 Å². The monoisotopic (exact) mass is 277 g/mol. The number of carbonyl (C=O) groups is 1. The predicted molar refractivity (Wildman–Crippen MR) is 78.8 cm³/mol. The van der Waals surface area contributed by atoms with Gasteiger partial charge in [-0.15, -0.1) is 0 Å². The number of hydrogen-bond donors (Lipinski definition) is 2. The van der Waals surface area contributed by atoms with Gasteiger partial charge < -0.3 is 15.2 Å². The number of aliphatic hydroxyl groups excluding tert-OH is 1. The summed E-state index contributed by atoms with van der Waals surface area (Å²) in [4.78, 5) is 11.1. The molecule has 0 saturated heterocycles. The molecule has 1 saturated carbocycles. The van der Waals surface area contributed by atoms with E-state index in [-0.39, 0.29) is 12.5 Å². The highest BCUT2D eigenvalue weighted by molar-refractivity contribution is 5.90. The Morgan fingerprint density at radius 3 is 2.80 bits per heavy atom. The summed E-state index contributed by atoms with van der Waals surface area (Å²) in [5.41, 5.74) is 0.646. The Hall–Kier alpha value is -1.55. The minimum atomic E-state index is -0.441. The molecule has 1 aromatic carbocycles. The largest absolute Gasteiger partial charge is 0.489 e. The quantitative estimate of drug-likeness (QED) is 0.840. The van der Waals surface area contributed by atoms with Gasteiger partial charge in [-0.05, 0) is 24.5 Å². The van der Waals surface area contributed by atoms with E-state index in [9.17, 15) is 9.90 Å². The first kappa shape index (κ1) is 14.9. The summed E-state index contributed by atoms with van der Waals surface area (Å²) in [5, 5.41) is 12.8. The van der Waals surface area contributed by atoms with Crippen LogP contribution in [-0.4, -0.2) is 23.7 Å². The summed E-state index contributed by atoms with van der Waals surface area (Å²) in [5.74, 6) is 1.11. The standard InChI is InChI=1S/C16H23NO3/c1-12(18)17-15-8-4-5-9-16(15)20-11-14(19)10-13-6-2-3-7-13/h4-5,8-9,13-14,19H,2-3,6-7,10-11H2,1H3,(H,17,18). The van der Waals surface area contributed by atoms with E-state index < -0.39 is 6.10 Å². The highest BCUT2D eigenvalue weighted by Gasteiger charge is 2.19. The van der Waals surface area contributed by atoms with E-state index in [1.807, 2.05) is 12.1 Å². The first-order chi connectivity index (χ1) is 9.65. The van der Waals surface area contributed by atoms with Crippen molar-refractivity contribution in [1.29, 1.82) is 0 Å². The second-order valence-electron chi connectivity index (χ2n) is 5.53. The lowest BCUT2D eigenvalue weighted by Gasteiger charge is -2.17. The smallest absolute Gasteiger partial charge is 0.221 e. The Bertz CT molecular complexity index is 441. The number of para-hydroxylation sites is 2. The summed E-state index contributed by atoms with van der Waals surface area (Å²) in [6.45, 7) is 1.73. The highest BCUT2D eigenvalue weighted by atomic mass is 16.5. The van der Waals surface area contributed by atoms with E-state index in [0.29, 0.717) is 17.4 Å². The Balaban J connectivity index is 1.84. The van der Waals surface area contributed by atoms with Crippen molar-refractivity contribution in [1.82, 2.24) is 0 Å². The Labute approximate surface area is 120 Å². The fourth-order valence-electron chi connectivity index (χ4n) is 2.77. The first-order valence-corrected chi connectivity index (χ1v) is 7.32. The molecule has 1 unspecified atom stereocenters. The number of rotatable bonds is 6. The van der Waals surface area contributed by atoms with Gasteiger partial charge in [0.1, 0.15) is 12.4 Å². The van der Waals surface area contributed by atoms with Gasteiger partial charge in [-0.1, -0.05) is 37.8 Å². The normalized spacial score (nSPS) is 16.9. The van der Waals surface area contributed by atoms with Crippen LogP contribution in [0.3, 0.4) is 0 Å². The number of carbonyl (C=O) groups excluding carboxylic acids is 1. The number of aliphatic hydroxyl groups is 1. The molecule has 4 heteroatoms. The van der Waals surface area contributed by atoms with Crippen molar-refractivity contribution in [3.05, 3.63) is 24.3 Å². The molecular weight excluding hydrogens is 254 g/mol. The lowest BCUT2D eigenvalue weighted by Crippen LogP contribution is -2.21. The van der Waals surface area contributed by atoms with Crippen molar-refractivity contribution in [3.63, 3.8) is 0 Å². The maximum absolute atomic E-state index is 11.1. The predicted octanol–water partition coefficient (Wildman–Crippen LogP) is 2.97. The average molecular weight is 277 g/mol. The number of hydrogen-bond acceptors (Lipinski definition) is 3. The van der Waals surface area contributed by atoms with Gasteiger partial charge in [0.15, 0.2) is 0 Å². The average Bonchev–Trinajstić information content (AvgIpc) is 2.90. The number of ether oxygens (including phenoxy) is 1. The van der Waals surface area contributed by atoms with Crippen LogP contribution in [0.25, 0.3) is 0 Å². The van der Waals surface area contributed by atoms with Crippen LogP contribution < -0.4 is 10.1 Å². The fraction of sp³-hybridized carbons (Fsp3) is 0.562. The molecule has 0 radical (unpaired) electrons. The van der Waals surface area contributed by atoms with Crippen molar-refractivity contribution in [2.24, 2.45) is 5.92 Å². The van der Waals surface area contributed by atoms with Crippen molar-refractivity contribution >= 4 is 11.6 Å². The third-order valence-corrected chi connectivity index (χ3v) is 3.71. The van der Waals surface area contributed by atoms with E-state index in [1.54, 1.807) is 12.1 Å². The van der Waals surface area contributed by atoms with Crippen LogP contribution in [0.5, 0.6) is 5.75 Å². The maximum atomic E-state index is 11.1. The van der Waals surface area contributed by atoms with E-state index >= 15 is 0 Å². The van der Waals surface area contributed by atoms with Gasteiger partial charge in [0.2, 0.25) is 5.91 Å². The zero-order chi connectivity index (χ0) is 14.4.